The second kappa shape index (κ2) is 7.23. The fourth-order valence-corrected chi connectivity index (χ4v) is 4.19. The van der Waals surface area contributed by atoms with E-state index in [1.54, 1.807) is 4.90 Å². The molecule has 154 valence electrons. The summed E-state index contributed by atoms with van der Waals surface area (Å²) < 4.78 is 2.05. The highest BCUT2D eigenvalue weighted by molar-refractivity contribution is 6.01. The standard InChI is InChI=1S/C23H25N5O2/c1-3-18-19(10-11-20-22(18)24-25-28(20)13-16-4-5-16)17-8-6-15(7-9-17)12-27-14-21(29)26(2)23(27)30/h6-11,16H,3-5,12-14H2,1-2H3. The van der Waals surface area contributed by atoms with Crippen molar-refractivity contribution >= 4 is 23.0 Å². The average Bonchev–Trinajstić information content (AvgIpc) is 3.44. The van der Waals surface area contributed by atoms with Crippen LogP contribution in [0.15, 0.2) is 36.4 Å². The molecule has 7 heteroatoms. The molecule has 0 bridgehead atoms. The van der Waals surface area contributed by atoms with Crippen LogP contribution in [0.1, 0.15) is 30.9 Å². The third-order valence-corrected chi connectivity index (χ3v) is 6.17. The summed E-state index contributed by atoms with van der Waals surface area (Å²) in [6.45, 7) is 3.69. The van der Waals surface area contributed by atoms with Gasteiger partial charge in [0.2, 0.25) is 5.91 Å². The summed E-state index contributed by atoms with van der Waals surface area (Å²) in [5.41, 5.74) is 6.61. The number of aromatic nitrogens is 3. The molecule has 1 saturated heterocycles. The molecule has 30 heavy (non-hydrogen) atoms. The Hall–Kier alpha value is -3.22. The van der Waals surface area contributed by atoms with Gasteiger partial charge in [0.1, 0.15) is 12.1 Å². The number of aryl methyl sites for hydroxylation is 1. The summed E-state index contributed by atoms with van der Waals surface area (Å²) in [4.78, 5) is 26.6. The number of rotatable bonds is 6. The molecule has 7 nitrogen and oxygen atoms in total. The first kappa shape index (κ1) is 18.8. The van der Waals surface area contributed by atoms with Gasteiger partial charge in [-0.1, -0.05) is 42.5 Å². The van der Waals surface area contributed by atoms with Gasteiger partial charge in [-0.25, -0.2) is 9.48 Å². The van der Waals surface area contributed by atoms with Crippen molar-refractivity contribution in [3.63, 3.8) is 0 Å². The van der Waals surface area contributed by atoms with E-state index in [0.29, 0.717) is 6.54 Å². The van der Waals surface area contributed by atoms with Gasteiger partial charge in [0, 0.05) is 20.1 Å². The van der Waals surface area contributed by atoms with E-state index in [4.69, 9.17) is 0 Å². The van der Waals surface area contributed by atoms with Crippen molar-refractivity contribution in [2.24, 2.45) is 5.92 Å². The third-order valence-electron chi connectivity index (χ3n) is 6.17. The van der Waals surface area contributed by atoms with Gasteiger partial charge >= 0.3 is 6.03 Å². The van der Waals surface area contributed by atoms with Gasteiger partial charge in [-0.3, -0.25) is 9.69 Å². The lowest BCUT2D eigenvalue weighted by molar-refractivity contribution is -0.124. The van der Waals surface area contributed by atoms with E-state index in [1.807, 2.05) is 16.8 Å². The van der Waals surface area contributed by atoms with Crippen molar-refractivity contribution in [1.29, 1.82) is 0 Å². The lowest BCUT2D eigenvalue weighted by atomic mass is 9.96. The van der Waals surface area contributed by atoms with E-state index in [1.165, 1.54) is 35.9 Å². The minimum Gasteiger partial charge on any atom is -0.311 e. The smallest absolute Gasteiger partial charge is 0.311 e. The molecule has 2 heterocycles. The zero-order chi connectivity index (χ0) is 20.8. The van der Waals surface area contributed by atoms with Crippen LogP contribution in [0.5, 0.6) is 0 Å². The third kappa shape index (κ3) is 3.24. The quantitative estimate of drug-likeness (QED) is 0.591. The number of urea groups is 1. The van der Waals surface area contributed by atoms with E-state index in [-0.39, 0.29) is 18.5 Å². The maximum atomic E-state index is 12.1. The van der Waals surface area contributed by atoms with Crippen LogP contribution >= 0.6 is 0 Å². The number of hydrogen-bond acceptors (Lipinski definition) is 4. The van der Waals surface area contributed by atoms with Crippen molar-refractivity contribution in [1.82, 2.24) is 24.8 Å². The number of amides is 3. The SMILES string of the molecule is CCc1c(-c2ccc(CN3CC(=O)N(C)C3=O)cc2)ccc2c1nnn2CC1CC1. The van der Waals surface area contributed by atoms with Crippen LogP contribution in [0.2, 0.25) is 0 Å². The molecule has 1 aliphatic heterocycles. The Morgan fingerprint density at radius 1 is 1.07 bits per heavy atom. The highest BCUT2D eigenvalue weighted by Crippen LogP contribution is 2.33. The van der Waals surface area contributed by atoms with Gasteiger partial charge < -0.3 is 4.90 Å². The molecule has 0 radical (unpaired) electrons. The molecule has 2 fully saturated rings. The van der Waals surface area contributed by atoms with Crippen LogP contribution in [0, 0.1) is 5.92 Å². The number of nitrogens with zero attached hydrogens (tertiary/aromatic N) is 5. The summed E-state index contributed by atoms with van der Waals surface area (Å²) in [7, 11) is 1.52. The van der Waals surface area contributed by atoms with Gasteiger partial charge in [0.25, 0.3) is 0 Å². The molecule has 0 spiro atoms. The summed E-state index contributed by atoms with van der Waals surface area (Å²) in [5.74, 6) is 0.594. The van der Waals surface area contributed by atoms with E-state index in [2.05, 4.69) is 41.5 Å². The second-order valence-electron chi connectivity index (χ2n) is 8.32. The minimum atomic E-state index is -0.239. The zero-order valence-corrected chi connectivity index (χ0v) is 17.3. The van der Waals surface area contributed by atoms with Crippen LogP contribution in [-0.4, -0.2) is 50.3 Å². The highest BCUT2D eigenvalue weighted by Gasteiger charge is 2.32. The normalized spacial score (nSPS) is 16.9. The summed E-state index contributed by atoms with van der Waals surface area (Å²) in [6, 6.07) is 12.3. The average molecular weight is 403 g/mol. The monoisotopic (exact) mass is 403 g/mol. The van der Waals surface area contributed by atoms with E-state index in [0.717, 1.165) is 41.0 Å². The Morgan fingerprint density at radius 2 is 1.83 bits per heavy atom. The molecule has 1 aliphatic carbocycles. The Kier molecular flexibility index (Phi) is 4.53. The number of hydrogen-bond donors (Lipinski definition) is 0. The van der Waals surface area contributed by atoms with Crippen LogP contribution < -0.4 is 0 Å². The van der Waals surface area contributed by atoms with Gasteiger partial charge in [-0.05, 0) is 53.5 Å². The molecule has 2 aromatic carbocycles. The molecule has 1 aromatic heterocycles. The lowest BCUT2D eigenvalue weighted by Gasteiger charge is -2.15. The summed E-state index contributed by atoms with van der Waals surface area (Å²) in [6.07, 6.45) is 3.47. The van der Waals surface area contributed by atoms with Crippen LogP contribution in [0.3, 0.4) is 0 Å². The summed E-state index contributed by atoms with van der Waals surface area (Å²) >= 11 is 0. The Bertz CT molecular complexity index is 1130. The first-order chi connectivity index (χ1) is 14.5. The number of likely N-dealkylation sites (N-methyl/N-ethyl adjacent to an activating group) is 1. The molecule has 0 unspecified atom stereocenters. The Labute approximate surface area is 175 Å². The molecule has 3 aromatic rings. The van der Waals surface area contributed by atoms with Crippen molar-refractivity contribution < 1.29 is 9.59 Å². The Balaban J connectivity index is 1.41. The molecule has 0 N–H and O–H groups in total. The molecule has 2 aliphatic rings. The zero-order valence-electron chi connectivity index (χ0n) is 17.3. The maximum Gasteiger partial charge on any atom is 0.327 e. The molecule has 0 atom stereocenters. The number of benzene rings is 2. The van der Waals surface area contributed by atoms with E-state index >= 15 is 0 Å². The fraction of sp³-hybridized carbons (Fsp3) is 0.391. The van der Waals surface area contributed by atoms with Crippen LogP contribution in [0.25, 0.3) is 22.2 Å². The maximum absolute atomic E-state index is 12.1. The van der Waals surface area contributed by atoms with Crippen LogP contribution in [0.4, 0.5) is 4.79 Å². The van der Waals surface area contributed by atoms with E-state index in [9.17, 15) is 9.59 Å². The van der Waals surface area contributed by atoms with Gasteiger partial charge in [0.05, 0.1) is 5.52 Å². The Morgan fingerprint density at radius 3 is 2.47 bits per heavy atom. The second-order valence-corrected chi connectivity index (χ2v) is 8.32. The van der Waals surface area contributed by atoms with E-state index < -0.39 is 0 Å². The highest BCUT2D eigenvalue weighted by atomic mass is 16.2. The van der Waals surface area contributed by atoms with Gasteiger partial charge in [0.15, 0.2) is 0 Å². The van der Waals surface area contributed by atoms with Crippen LogP contribution in [-0.2, 0) is 24.3 Å². The fourth-order valence-electron chi connectivity index (χ4n) is 4.19. The molecular weight excluding hydrogens is 378 g/mol. The minimum absolute atomic E-state index is 0.143. The summed E-state index contributed by atoms with van der Waals surface area (Å²) in [5, 5.41) is 8.90. The number of imide groups is 1. The lowest BCUT2D eigenvalue weighted by Crippen LogP contribution is -2.29. The number of carbonyl (C=O) groups excluding carboxylic acids is 2. The molecule has 5 rings (SSSR count). The topological polar surface area (TPSA) is 71.3 Å². The molecule has 1 saturated carbocycles. The van der Waals surface area contributed by atoms with Crippen molar-refractivity contribution in [2.75, 3.05) is 13.6 Å². The predicted octanol–water partition coefficient (Wildman–Crippen LogP) is 3.46. The first-order valence-corrected chi connectivity index (χ1v) is 10.5. The number of fused-ring (bicyclic) bond motifs is 1. The first-order valence-electron chi connectivity index (χ1n) is 10.5. The van der Waals surface area contributed by atoms with Crippen molar-refractivity contribution in [2.45, 2.75) is 39.3 Å². The molecule has 3 amide bonds. The van der Waals surface area contributed by atoms with Crippen molar-refractivity contribution in [3.8, 4) is 11.1 Å². The van der Waals surface area contributed by atoms with Gasteiger partial charge in [-0.2, -0.15) is 0 Å². The molecular formula is C23H25N5O2. The number of carbonyl (C=O) groups is 2. The predicted molar refractivity (Wildman–Crippen MR) is 114 cm³/mol. The van der Waals surface area contributed by atoms with Gasteiger partial charge in [-0.15, -0.1) is 5.10 Å². The van der Waals surface area contributed by atoms with Crippen molar-refractivity contribution in [3.05, 3.63) is 47.5 Å². The largest absolute Gasteiger partial charge is 0.327 e.